The molecule has 2 aromatic heterocycles. The number of aromatic nitrogens is 4. The molecule has 1 aromatic carbocycles. The Morgan fingerprint density at radius 1 is 1.24 bits per heavy atom. The molecule has 8 nitrogen and oxygen atoms in total. The van der Waals surface area contributed by atoms with Crippen molar-refractivity contribution in [2.24, 2.45) is 5.92 Å². The summed E-state index contributed by atoms with van der Waals surface area (Å²) in [4.78, 5) is 17.1. The van der Waals surface area contributed by atoms with E-state index in [9.17, 15) is 4.79 Å². The standard InChI is InChI=1S/C20H23N5O3S/c1-27-16-6-8-17(9-7-16)28-14-19(26)24-10-2-4-15(12-24)13-25-22-20(21-23-25)18-5-3-11-29-18/h3,5-9,11,15H,2,4,10,12-14H2,1H3/t15-/m0/s1. The van der Waals surface area contributed by atoms with Gasteiger partial charge in [-0.05, 0) is 59.7 Å². The first kappa shape index (κ1) is 19.4. The van der Waals surface area contributed by atoms with Crippen LogP contribution in [0.2, 0.25) is 0 Å². The lowest BCUT2D eigenvalue weighted by Crippen LogP contribution is -2.43. The van der Waals surface area contributed by atoms with Crippen molar-refractivity contribution < 1.29 is 14.3 Å². The van der Waals surface area contributed by atoms with Crippen LogP contribution in [0.5, 0.6) is 11.5 Å². The first-order chi connectivity index (χ1) is 14.2. The van der Waals surface area contributed by atoms with Crippen molar-refractivity contribution in [3.05, 3.63) is 41.8 Å². The number of tetrazole rings is 1. The van der Waals surface area contributed by atoms with E-state index in [0.29, 0.717) is 30.6 Å². The Hall–Kier alpha value is -2.94. The molecule has 1 aliphatic rings. The summed E-state index contributed by atoms with van der Waals surface area (Å²) in [6, 6.07) is 11.2. The molecule has 0 saturated carbocycles. The number of hydrogen-bond acceptors (Lipinski definition) is 7. The summed E-state index contributed by atoms with van der Waals surface area (Å²) in [7, 11) is 1.62. The van der Waals surface area contributed by atoms with E-state index in [1.165, 1.54) is 0 Å². The van der Waals surface area contributed by atoms with E-state index < -0.39 is 0 Å². The number of methoxy groups -OCH3 is 1. The van der Waals surface area contributed by atoms with Crippen molar-refractivity contribution in [3.63, 3.8) is 0 Å². The molecule has 1 fully saturated rings. The molecule has 0 aliphatic carbocycles. The van der Waals surface area contributed by atoms with Gasteiger partial charge in [0.15, 0.2) is 6.61 Å². The molecule has 0 spiro atoms. The molecule has 152 valence electrons. The maximum atomic E-state index is 12.6. The highest BCUT2D eigenvalue weighted by Crippen LogP contribution is 2.22. The number of carbonyl (C=O) groups excluding carboxylic acids is 1. The van der Waals surface area contributed by atoms with Gasteiger partial charge < -0.3 is 14.4 Å². The van der Waals surface area contributed by atoms with Crippen molar-refractivity contribution in [3.8, 4) is 22.2 Å². The summed E-state index contributed by atoms with van der Waals surface area (Å²) >= 11 is 1.59. The van der Waals surface area contributed by atoms with Crippen LogP contribution in [0.1, 0.15) is 12.8 Å². The highest BCUT2D eigenvalue weighted by atomic mass is 32.1. The highest BCUT2D eigenvalue weighted by Gasteiger charge is 2.25. The van der Waals surface area contributed by atoms with Crippen molar-refractivity contribution in [2.45, 2.75) is 19.4 Å². The lowest BCUT2D eigenvalue weighted by Gasteiger charge is -2.32. The van der Waals surface area contributed by atoms with Crippen molar-refractivity contribution >= 4 is 17.2 Å². The van der Waals surface area contributed by atoms with Crippen LogP contribution in [0, 0.1) is 5.92 Å². The van der Waals surface area contributed by atoms with Crippen LogP contribution < -0.4 is 9.47 Å². The molecule has 1 atom stereocenters. The minimum absolute atomic E-state index is 0.00339. The molecule has 0 unspecified atom stereocenters. The lowest BCUT2D eigenvalue weighted by atomic mass is 9.98. The topological polar surface area (TPSA) is 82.4 Å². The fraction of sp³-hybridized carbons (Fsp3) is 0.400. The molecule has 3 heterocycles. The Morgan fingerprint density at radius 2 is 2.07 bits per heavy atom. The van der Waals surface area contributed by atoms with Gasteiger partial charge in [-0.1, -0.05) is 6.07 Å². The minimum atomic E-state index is -0.00339. The van der Waals surface area contributed by atoms with Gasteiger partial charge in [-0.2, -0.15) is 4.80 Å². The third-order valence-electron chi connectivity index (χ3n) is 4.91. The second kappa shape index (κ2) is 9.04. The van der Waals surface area contributed by atoms with Gasteiger partial charge in [0.05, 0.1) is 18.5 Å². The highest BCUT2D eigenvalue weighted by molar-refractivity contribution is 7.13. The van der Waals surface area contributed by atoms with Gasteiger partial charge in [0.25, 0.3) is 5.91 Å². The Kier molecular flexibility index (Phi) is 6.04. The number of ether oxygens (including phenoxy) is 2. The lowest BCUT2D eigenvalue weighted by molar-refractivity contribution is -0.135. The molecular weight excluding hydrogens is 390 g/mol. The van der Waals surface area contributed by atoms with Gasteiger partial charge in [-0.25, -0.2) is 0 Å². The smallest absolute Gasteiger partial charge is 0.260 e. The van der Waals surface area contributed by atoms with Crippen LogP contribution in [0.4, 0.5) is 0 Å². The Morgan fingerprint density at radius 3 is 2.83 bits per heavy atom. The molecule has 0 bridgehead atoms. The van der Waals surface area contributed by atoms with Gasteiger partial charge in [-0.3, -0.25) is 4.79 Å². The molecule has 29 heavy (non-hydrogen) atoms. The number of benzene rings is 1. The zero-order valence-corrected chi connectivity index (χ0v) is 17.0. The number of rotatable bonds is 7. The van der Waals surface area contributed by atoms with Crippen LogP contribution in [0.3, 0.4) is 0 Å². The molecule has 1 amide bonds. The first-order valence-electron chi connectivity index (χ1n) is 9.57. The third kappa shape index (κ3) is 4.92. The predicted molar refractivity (Wildman–Crippen MR) is 109 cm³/mol. The van der Waals surface area contributed by atoms with Crippen LogP contribution >= 0.6 is 11.3 Å². The quantitative estimate of drug-likeness (QED) is 0.592. The SMILES string of the molecule is COc1ccc(OCC(=O)N2CCC[C@H](Cn3nnc(-c4cccs4)n3)C2)cc1. The summed E-state index contributed by atoms with van der Waals surface area (Å²) in [5, 5.41) is 14.8. The molecule has 3 aromatic rings. The maximum absolute atomic E-state index is 12.6. The van der Waals surface area contributed by atoms with E-state index in [2.05, 4.69) is 15.4 Å². The largest absolute Gasteiger partial charge is 0.497 e. The molecule has 0 radical (unpaired) electrons. The number of likely N-dealkylation sites (tertiary alicyclic amines) is 1. The van der Waals surface area contributed by atoms with Crippen LogP contribution in [0.15, 0.2) is 41.8 Å². The van der Waals surface area contributed by atoms with Crippen molar-refractivity contribution in [2.75, 3.05) is 26.8 Å². The van der Waals surface area contributed by atoms with Crippen molar-refractivity contribution in [1.82, 2.24) is 25.1 Å². The second-order valence-corrected chi connectivity index (χ2v) is 7.91. The van der Waals surface area contributed by atoms with Gasteiger partial charge in [0.1, 0.15) is 11.5 Å². The summed E-state index contributed by atoms with van der Waals surface area (Å²) in [6.45, 7) is 2.12. The van der Waals surface area contributed by atoms with Gasteiger partial charge in [0, 0.05) is 13.1 Å². The first-order valence-corrected chi connectivity index (χ1v) is 10.5. The Bertz CT molecular complexity index is 926. The van der Waals surface area contributed by atoms with E-state index in [1.54, 1.807) is 35.4 Å². The number of amides is 1. The summed E-state index contributed by atoms with van der Waals surface area (Å²) in [5.74, 6) is 2.36. The number of carbonyl (C=O) groups is 1. The maximum Gasteiger partial charge on any atom is 0.260 e. The predicted octanol–water partition coefficient (Wildman–Crippen LogP) is 2.73. The van der Waals surface area contributed by atoms with E-state index in [1.807, 2.05) is 34.5 Å². The molecule has 9 heteroatoms. The average molecular weight is 414 g/mol. The van der Waals surface area contributed by atoms with Crippen LogP contribution in [0.25, 0.3) is 10.7 Å². The number of hydrogen-bond donors (Lipinski definition) is 0. The van der Waals surface area contributed by atoms with Gasteiger partial charge in [0.2, 0.25) is 5.82 Å². The number of thiophene rings is 1. The molecular formula is C20H23N5O3S. The average Bonchev–Trinajstić information content (AvgIpc) is 3.44. The molecule has 1 saturated heterocycles. The molecule has 1 aliphatic heterocycles. The zero-order chi connectivity index (χ0) is 20.1. The Labute approximate surface area is 173 Å². The zero-order valence-electron chi connectivity index (χ0n) is 16.2. The fourth-order valence-corrected chi connectivity index (χ4v) is 4.05. The monoisotopic (exact) mass is 413 g/mol. The van der Waals surface area contributed by atoms with Crippen molar-refractivity contribution in [1.29, 1.82) is 0 Å². The number of nitrogens with zero attached hydrogens (tertiary/aromatic N) is 5. The second-order valence-electron chi connectivity index (χ2n) is 6.96. The molecule has 4 rings (SSSR count). The van der Waals surface area contributed by atoms with E-state index in [0.717, 1.165) is 30.0 Å². The minimum Gasteiger partial charge on any atom is -0.497 e. The van der Waals surface area contributed by atoms with Crippen LogP contribution in [-0.2, 0) is 11.3 Å². The Balaban J connectivity index is 1.29. The van der Waals surface area contributed by atoms with Crippen LogP contribution in [-0.4, -0.2) is 57.8 Å². The fourth-order valence-electron chi connectivity index (χ4n) is 3.40. The van der Waals surface area contributed by atoms with Gasteiger partial charge in [-0.15, -0.1) is 21.5 Å². The summed E-state index contributed by atoms with van der Waals surface area (Å²) < 4.78 is 10.8. The summed E-state index contributed by atoms with van der Waals surface area (Å²) in [6.07, 6.45) is 2.00. The molecule has 0 N–H and O–H groups in total. The normalized spacial score (nSPS) is 16.6. The van der Waals surface area contributed by atoms with E-state index in [4.69, 9.17) is 9.47 Å². The number of piperidine rings is 1. The van der Waals surface area contributed by atoms with Gasteiger partial charge >= 0.3 is 0 Å². The van der Waals surface area contributed by atoms with E-state index >= 15 is 0 Å². The van der Waals surface area contributed by atoms with E-state index in [-0.39, 0.29) is 12.5 Å². The third-order valence-corrected chi connectivity index (χ3v) is 5.78. The summed E-state index contributed by atoms with van der Waals surface area (Å²) in [5.41, 5.74) is 0.